The summed E-state index contributed by atoms with van der Waals surface area (Å²) in [6.07, 6.45) is 9.77. The molecule has 7 nitrogen and oxygen atoms in total. The number of ether oxygens (including phenoxy) is 1. The van der Waals surface area contributed by atoms with Gasteiger partial charge in [-0.15, -0.1) is 0 Å². The summed E-state index contributed by atoms with van der Waals surface area (Å²) in [7, 11) is 1.37. The lowest BCUT2D eigenvalue weighted by Gasteiger charge is -2.23. The third kappa shape index (κ3) is 8.15. The van der Waals surface area contributed by atoms with Crippen LogP contribution in [0.2, 0.25) is 0 Å². The van der Waals surface area contributed by atoms with Crippen LogP contribution >= 0.6 is 0 Å². The van der Waals surface area contributed by atoms with E-state index >= 15 is 0 Å². The van der Waals surface area contributed by atoms with Crippen molar-refractivity contribution in [2.24, 2.45) is 10.7 Å². The quantitative estimate of drug-likeness (QED) is 0.384. The standard InChI is InChI=1S/C27H35N3O4/c1-4-7-22(21-10-8-20(9-11-21)17-26(32)34-3)18-24-13-12-23(19-25(28)29-24)27(33)30(14-5-2)15-6-16-31/h4,7-12,18,31H,1,5-6,13-17,19H2,2-3H3,(H2,28,29)/b22-7+,24-18+. The Kier molecular flexibility index (Phi) is 11.0. The largest absolute Gasteiger partial charge is 0.469 e. The number of methoxy groups -OCH3 is 1. The zero-order valence-electron chi connectivity index (χ0n) is 20.1. The number of aliphatic hydroxyl groups is 1. The van der Waals surface area contributed by atoms with E-state index in [9.17, 15) is 9.59 Å². The molecule has 0 spiro atoms. The third-order valence-electron chi connectivity index (χ3n) is 5.34. The third-order valence-corrected chi connectivity index (χ3v) is 5.34. The van der Waals surface area contributed by atoms with Crippen LogP contribution in [0.25, 0.3) is 5.57 Å². The highest BCUT2D eigenvalue weighted by atomic mass is 16.5. The second-order valence-corrected chi connectivity index (χ2v) is 8.03. The Morgan fingerprint density at radius 3 is 2.62 bits per heavy atom. The number of nitrogens with zero attached hydrogens (tertiary/aromatic N) is 2. The molecule has 7 heteroatoms. The van der Waals surface area contributed by atoms with Crippen LogP contribution in [0.15, 0.2) is 71.4 Å². The van der Waals surface area contributed by atoms with E-state index in [-0.39, 0.29) is 31.3 Å². The van der Waals surface area contributed by atoms with Crippen molar-refractivity contribution < 1.29 is 19.4 Å². The molecule has 0 saturated heterocycles. The maximum atomic E-state index is 13.1. The Labute approximate surface area is 202 Å². The van der Waals surface area contributed by atoms with E-state index in [0.29, 0.717) is 37.3 Å². The van der Waals surface area contributed by atoms with Gasteiger partial charge in [0.15, 0.2) is 0 Å². The van der Waals surface area contributed by atoms with Gasteiger partial charge in [-0.1, -0.05) is 56.0 Å². The Bertz CT molecular complexity index is 988. The van der Waals surface area contributed by atoms with E-state index < -0.39 is 0 Å². The monoisotopic (exact) mass is 465 g/mol. The Morgan fingerprint density at radius 2 is 2.00 bits per heavy atom. The van der Waals surface area contributed by atoms with Gasteiger partial charge >= 0.3 is 5.97 Å². The van der Waals surface area contributed by atoms with Gasteiger partial charge in [-0.3, -0.25) is 9.59 Å². The molecule has 182 valence electrons. The van der Waals surface area contributed by atoms with Crippen molar-refractivity contribution in [2.75, 3.05) is 26.8 Å². The van der Waals surface area contributed by atoms with Crippen molar-refractivity contribution >= 4 is 23.3 Å². The van der Waals surface area contributed by atoms with Crippen molar-refractivity contribution in [3.63, 3.8) is 0 Å². The van der Waals surface area contributed by atoms with Crippen LogP contribution in [-0.4, -0.2) is 54.5 Å². The number of hydrogen-bond donors (Lipinski definition) is 2. The molecule has 0 radical (unpaired) electrons. The van der Waals surface area contributed by atoms with Crippen LogP contribution in [0.3, 0.4) is 0 Å². The summed E-state index contributed by atoms with van der Waals surface area (Å²) >= 11 is 0. The minimum atomic E-state index is -0.286. The van der Waals surface area contributed by atoms with Gasteiger partial charge in [0.2, 0.25) is 5.91 Å². The fourth-order valence-electron chi connectivity index (χ4n) is 3.66. The van der Waals surface area contributed by atoms with Crippen molar-refractivity contribution in [2.45, 2.75) is 39.0 Å². The lowest BCUT2D eigenvalue weighted by atomic mass is 10.0. The van der Waals surface area contributed by atoms with Crippen molar-refractivity contribution in [3.8, 4) is 0 Å². The molecule has 0 aromatic heterocycles. The first-order chi connectivity index (χ1) is 16.4. The Morgan fingerprint density at radius 1 is 1.26 bits per heavy atom. The Hall–Kier alpha value is -3.45. The van der Waals surface area contributed by atoms with Crippen LogP contribution in [0.4, 0.5) is 0 Å². The van der Waals surface area contributed by atoms with Crippen LogP contribution in [0.5, 0.6) is 0 Å². The molecule has 2 rings (SSSR count). The molecule has 1 amide bonds. The van der Waals surface area contributed by atoms with Gasteiger partial charge in [-0.2, -0.15) is 0 Å². The zero-order chi connectivity index (χ0) is 24.9. The number of esters is 1. The molecule has 1 aliphatic rings. The molecular weight excluding hydrogens is 430 g/mol. The smallest absolute Gasteiger partial charge is 0.309 e. The summed E-state index contributed by atoms with van der Waals surface area (Å²) in [5, 5.41) is 9.15. The molecule has 0 saturated carbocycles. The molecule has 0 bridgehead atoms. The van der Waals surface area contributed by atoms with Crippen molar-refractivity contribution in [1.29, 1.82) is 0 Å². The van der Waals surface area contributed by atoms with E-state index in [4.69, 9.17) is 15.6 Å². The lowest BCUT2D eigenvalue weighted by Crippen LogP contribution is -2.35. The minimum Gasteiger partial charge on any atom is -0.469 e. The van der Waals surface area contributed by atoms with Gasteiger partial charge in [0.05, 0.1) is 13.5 Å². The van der Waals surface area contributed by atoms with E-state index in [1.807, 2.05) is 49.4 Å². The SMILES string of the molecule is C=C/C=C(\C=C1/CC=C(C(=O)N(CCC)CCCO)CC(N)=N1)c1ccc(CC(=O)OC)cc1. The summed E-state index contributed by atoms with van der Waals surface area (Å²) < 4.78 is 4.72. The number of carbonyl (C=O) groups excluding carboxylic acids is 2. The molecule has 1 aromatic carbocycles. The number of carbonyl (C=O) groups is 2. The second-order valence-electron chi connectivity index (χ2n) is 8.03. The number of hydrogen-bond acceptors (Lipinski definition) is 6. The molecule has 3 N–H and O–H groups in total. The number of benzene rings is 1. The molecular formula is C27H35N3O4. The number of amidine groups is 1. The second kappa shape index (κ2) is 14.0. The van der Waals surface area contributed by atoms with E-state index in [1.165, 1.54) is 7.11 Å². The van der Waals surface area contributed by atoms with Gasteiger partial charge in [-0.25, -0.2) is 4.99 Å². The number of rotatable bonds is 11. The number of nitrogens with two attached hydrogens (primary N) is 1. The Balaban J connectivity index is 2.26. The van der Waals surface area contributed by atoms with Crippen LogP contribution < -0.4 is 5.73 Å². The first kappa shape index (κ1) is 26.8. The number of aliphatic hydroxyl groups excluding tert-OH is 1. The van der Waals surface area contributed by atoms with Crippen LogP contribution in [-0.2, 0) is 20.7 Å². The molecule has 1 aliphatic heterocycles. The lowest BCUT2D eigenvalue weighted by molar-refractivity contribution is -0.139. The first-order valence-electron chi connectivity index (χ1n) is 11.5. The fraction of sp³-hybridized carbons (Fsp3) is 0.370. The highest BCUT2D eigenvalue weighted by Crippen LogP contribution is 2.24. The topological polar surface area (TPSA) is 105 Å². The predicted molar refractivity (Wildman–Crippen MR) is 136 cm³/mol. The summed E-state index contributed by atoms with van der Waals surface area (Å²) in [5.74, 6) is 0.0390. The number of allylic oxidation sites excluding steroid dienone is 5. The van der Waals surface area contributed by atoms with Gasteiger partial charge in [0, 0.05) is 43.8 Å². The summed E-state index contributed by atoms with van der Waals surface area (Å²) in [5.41, 5.74) is 10.2. The summed E-state index contributed by atoms with van der Waals surface area (Å²) in [4.78, 5) is 30.9. The van der Waals surface area contributed by atoms with Crippen molar-refractivity contribution in [1.82, 2.24) is 4.90 Å². The molecule has 0 unspecified atom stereocenters. The highest BCUT2D eigenvalue weighted by Gasteiger charge is 2.20. The minimum absolute atomic E-state index is 0.0467. The number of aliphatic imine (C=N–C) groups is 1. The van der Waals surface area contributed by atoms with Gasteiger partial charge in [0.25, 0.3) is 0 Å². The predicted octanol–water partition coefficient (Wildman–Crippen LogP) is 3.55. The van der Waals surface area contributed by atoms with Crippen LogP contribution in [0.1, 0.15) is 43.7 Å². The van der Waals surface area contributed by atoms with Crippen LogP contribution in [0, 0.1) is 0 Å². The highest BCUT2D eigenvalue weighted by molar-refractivity contribution is 6.00. The summed E-state index contributed by atoms with van der Waals surface area (Å²) in [6, 6.07) is 7.64. The van der Waals surface area contributed by atoms with E-state index in [0.717, 1.165) is 28.8 Å². The molecule has 1 aromatic rings. The van der Waals surface area contributed by atoms with Gasteiger partial charge in [-0.05, 0) is 35.6 Å². The molecule has 1 heterocycles. The van der Waals surface area contributed by atoms with Gasteiger partial charge in [0.1, 0.15) is 5.84 Å². The van der Waals surface area contributed by atoms with Gasteiger partial charge < -0.3 is 20.5 Å². The maximum Gasteiger partial charge on any atom is 0.309 e. The number of amides is 1. The first-order valence-corrected chi connectivity index (χ1v) is 11.5. The molecule has 0 aliphatic carbocycles. The molecule has 34 heavy (non-hydrogen) atoms. The molecule has 0 fully saturated rings. The normalized spacial score (nSPS) is 15.3. The average Bonchev–Trinajstić information content (AvgIpc) is 3.02. The molecule has 0 atom stereocenters. The summed E-state index contributed by atoms with van der Waals surface area (Å²) in [6.45, 7) is 7.02. The average molecular weight is 466 g/mol. The van der Waals surface area contributed by atoms with E-state index in [1.54, 1.807) is 11.0 Å². The van der Waals surface area contributed by atoms with E-state index in [2.05, 4.69) is 11.6 Å². The zero-order valence-corrected chi connectivity index (χ0v) is 20.1. The van der Waals surface area contributed by atoms with Crippen molar-refractivity contribution in [3.05, 3.63) is 77.5 Å². The fourth-order valence-corrected chi connectivity index (χ4v) is 3.66. The maximum absolute atomic E-state index is 13.1.